The molecular formula is C15H23BrN2O2. The van der Waals surface area contributed by atoms with Gasteiger partial charge in [-0.2, -0.15) is 0 Å². The number of halogens is 1. The Morgan fingerprint density at radius 1 is 1.40 bits per heavy atom. The van der Waals surface area contributed by atoms with Crippen molar-refractivity contribution in [2.45, 2.75) is 39.3 Å². The zero-order valence-corrected chi connectivity index (χ0v) is 14.0. The summed E-state index contributed by atoms with van der Waals surface area (Å²) in [5.41, 5.74) is 6.93. The van der Waals surface area contributed by atoms with Crippen LogP contribution in [-0.4, -0.2) is 19.1 Å². The molecule has 0 bridgehead atoms. The number of carbonyl (C=O) groups excluding carboxylic acids is 1. The fourth-order valence-electron chi connectivity index (χ4n) is 1.79. The van der Waals surface area contributed by atoms with E-state index in [0.29, 0.717) is 12.3 Å². The summed E-state index contributed by atoms with van der Waals surface area (Å²) >= 11 is 3.44. The van der Waals surface area contributed by atoms with E-state index in [1.54, 1.807) is 7.11 Å². The van der Waals surface area contributed by atoms with Crippen molar-refractivity contribution < 1.29 is 9.53 Å². The smallest absolute Gasteiger partial charge is 0.222 e. The molecule has 0 heterocycles. The van der Waals surface area contributed by atoms with Gasteiger partial charge < -0.3 is 15.8 Å². The monoisotopic (exact) mass is 342 g/mol. The summed E-state index contributed by atoms with van der Waals surface area (Å²) in [6.07, 6.45) is 0.347. The van der Waals surface area contributed by atoms with Crippen LogP contribution in [0.3, 0.4) is 0 Å². The number of hydrogen-bond donors (Lipinski definition) is 2. The van der Waals surface area contributed by atoms with Gasteiger partial charge in [-0.25, -0.2) is 0 Å². The van der Waals surface area contributed by atoms with Crippen molar-refractivity contribution in [3.05, 3.63) is 28.2 Å². The molecule has 0 aliphatic rings. The third kappa shape index (κ3) is 4.80. The third-order valence-electron chi connectivity index (χ3n) is 3.33. The molecule has 0 spiro atoms. The zero-order chi connectivity index (χ0) is 15.3. The number of carbonyl (C=O) groups is 1. The van der Waals surface area contributed by atoms with Crippen LogP contribution in [0.4, 0.5) is 0 Å². The number of hydrogen-bond acceptors (Lipinski definition) is 3. The van der Waals surface area contributed by atoms with Crippen molar-refractivity contribution in [2.75, 3.05) is 7.11 Å². The summed E-state index contributed by atoms with van der Waals surface area (Å²) in [5, 5.41) is 2.97. The molecule has 2 unspecified atom stereocenters. The van der Waals surface area contributed by atoms with Crippen LogP contribution in [0.2, 0.25) is 0 Å². The Labute approximate surface area is 129 Å². The first-order valence-corrected chi connectivity index (χ1v) is 7.52. The Bertz CT molecular complexity index is 463. The number of nitrogens with one attached hydrogen (secondary N) is 1. The number of benzene rings is 1. The van der Waals surface area contributed by atoms with Crippen LogP contribution in [0.5, 0.6) is 5.75 Å². The molecule has 1 aromatic rings. The summed E-state index contributed by atoms with van der Waals surface area (Å²) < 4.78 is 6.06. The van der Waals surface area contributed by atoms with Gasteiger partial charge in [-0.1, -0.05) is 19.9 Å². The van der Waals surface area contributed by atoms with E-state index in [4.69, 9.17) is 10.5 Å². The van der Waals surface area contributed by atoms with E-state index < -0.39 is 0 Å². The molecule has 0 saturated heterocycles. The molecule has 0 aliphatic heterocycles. The number of amides is 1. The Kier molecular flexibility index (Phi) is 6.49. The summed E-state index contributed by atoms with van der Waals surface area (Å²) in [7, 11) is 1.62. The van der Waals surface area contributed by atoms with Gasteiger partial charge in [0.15, 0.2) is 0 Å². The van der Waals surface area contributed by atoms with E-state index >= 15 is 0 Å². The molecule has 0 radical (unpaired) electrons. The van der Waals surface area contributed by atoms with Gasteiger partial charge in [0.2, 0.25) is 5.91 Å². The van der Waals surface area contributed by atoms with Gasteiger partial charge >= 0.3 is 0 Å². The minimum atomic E-state index is -0.107. The SMILES string of the molecule is COc1ccc(C(C)NC(=O)CC(N)C(C)C)cc1Br. The van der Waals surface area contributed by atoms with E-state index in [-0.39, 0.29) is 18.0 Å². The van der Waals surface area contributed by atoms with Crippen LogP contribution in [-0.2, 0) is 4.79 Å². The second-order valence-corrected chi connectivity index (χ2v) is 6.15. The lowest BCUT2D eigenvalue weighted by Crippen LogP contribution is -2.35. The Morgan fingerprint density at radius 3 is 2.55 bits per heavy atom. The van der Waals surface area contributed by atoms with Crippen molar-refractivity contribution in [3.63, 3.8) is 0 Å². The molecule has 112 valence electrons. The molecule has 1 amide bonds. The molecule has 0 aliphatic carbocycles. The lowest BCUT2D eigenvalue weighted by atomic mass is 10.0. The van der Waals surface area contributed by atoms with Crippen molar-refractivity contribution in [1.29, 1.82) is 0 Å². The standard InChI is InChI=1S/C15H23BrN2O2/c1-9(2)13(17)8-15(19)18-10(3)11-5-6-14(20-4)12(16)7-11/h5-7,9-10,13H,8,17H2,1-4H3,(H,18,19). The second kappa shape index (κ2) is 7.64. The lowest BCUT2D eigenvalue weighted by Gasteiger charge is -2.19. The van der Waals surface area contributed by atoms with E-state index in [1.807, 2.05) is 39.0 Å². The molecule has 3 N–H and O–H groups in total. The van der Waals surface area contributed by atoms with Gasteiger partial charge in [-0.3, -0.25) is 4.79 Å². The summed E-state index contributed by atoms with van der Waals surface area (Å²) in [4.78, 5) is 11.9. The number of methoxy groups -OCH3 is 1. The number of rotatable bonds is 6. The zero-order valence-electron chi connectivity index (χ0n) is 12.4. The highest BCUT2D eigenvalue weighted by Gasteiger charge is 2.16. The fourth-order valence-corrected chi connectivity index (χ4v) is 2.34. The fraction of sp³-hybridized carbons (Fsp3) is 0.533. The van der Waals surface area contributed by atoms with E-state index in [1.165, 1.54) is 0 Å². The predicted molar refractivity (Wildman–Crippen MR) is 84.7 cm³/mol. The van der Waals surface area contributed by atoms with Gasteiger partial charge in [-0.05, 0) is 46.5 Å². The first-order chi connectivity index (χ1) is 9.35. The van der Waals surface area contributed by atoms with Gasteiger partial charge in [0.1, 0.15) is 5.75 Å². The average molecular weight is 343 g/mol. The quantitative estimate of drug-likeness (QED) is 0.835. The molecule has 5 heteroatoms. The van der Waals surface area contributed by atoms with Gasteiger partial charge in [0, 0.05) is 12.5 Å². The van der Waals surface area contributed by atoms with Crippen LogP contribution in [0, 0.1) is 5.92 Å². The minimum Gasteiger partial charge on any atom is -0.496 e. The Hall–Kier alpha value is -1.07. The largest absolute Gasteiger partial charge is 0.496 e. The van der Waals surface area contributed by atoms with Gasteiger partial charge in [-0.15, -0.1) is 0 Å². The molecule has 1 rings (SSSR count). The van der Waals surface area contributed by atoms with Crippen molar-refractivity contribution in [2.24, 2.45) is 11.7 Å². The summed E-state index contributed by atoms with van der Waals surface area (Å²) in [6, 6.07) is 5.60. The molecule has 2 atom stereocenters. The normalized spacial score (nSPS) is 13.9. The van der Waals surface area contributed by atoms with Crippen LogP contribution in [0.1, 0.15) is 38.8 Å². The summed E-state index contributed by atoms with van der Waals surface area (Å²) in [6.45, 7) is 5.98. The molecule has 20 heavy (non-hydrogen) atoms. The summed E-state index contributed by atoms with van der Waals surface area (Å²) in [5.74, 6) is 1.05. The molecule has 4 nitrogen and oxygen atoms in total. The first-order valence-electron chi connectivity index (χ1n) is 6.73. The van der Waals surface area contributed by atoms with E-state index in [2.05, 4.69) is 21.2 Å². The highest BCUT2D eigenvalue weighted by atomic mass is 79.9. The van der Waals surface area contributed by atoms with Gasteiger partial charge in [0.05, 0.1) is 17.6 Å². The highest BCUT2D eigenvalue weighted by molar-refractivity contribution is 9.10. The number of ether oxygens (including phenoxy) is 1. The van der Waals surface area contributed by atoms with Crippen LogP contribution >= 0.6 is 15.9 Å². The van der Waals surface area contributed by atoms with Crippen LogP contribution in [0.25, 0.3) is 0 Å². The van der Waals surface area contributed by atoms with Crippen LogP contribution < -0.4 is 15.8 Å². The number of nitrogens with two attached hydrogens (primary N) is 1. The lowest BCUT2D eigenvalue weighted by molar-refractivity contribution is -0.122. The maximum absolute atomic E-state index is 11.9. The molecule has 0 fully saturated rings. The van der Waals surface area contributed by atoms with Crippen molar-refractivity contribution >= 4 is 21.8 Å². The van der Waals surface area contributed by atoms with Crippen molar-refractivity contribution in [3.8, 4) is 5.75 Å². The minimum absolute atomic E-state index is 0.0226. The first kappa shape index (κ1) is 17.0. The van der Waals surface area contributed by atoms with E-state index in [0.717, 1.165) is 15.8 Å². The van der Waals surface area contributed by atoms with Crippen LogP contribution in [0.15, 0.2) is 22.7 Å². The Morgan fingerprint density at radius 2 is 2.05 bits per heavy atom. The highest BCUT2D eigenvalue weighted by Crippen LogP contribution is 2.28. The Balaban J connectivity index is 2.64. The maximum Gasteiger partial charge on any atom is 0.222 e. The molecule has 0 saturated carbocycles. The van der Waals surface area contributed by atoms with E-state index in [9.17, 15) is 4.79 Å². The molecule has 1 aromatic carbocycles. The maximum atomic E-state index is 11.9. The topological polar surface area (TPSA) is 64.3 Å². The second-order valence-electron chi connectivity index (χ2n) is 5.30. The third-order valence-corrected chi connectivity index (χ3v) is 3.95. The average Bonchev–Trinajstić information content (AvgIpc) is 2.38. The van der Waals surface area contributed by atoms with Crippen molar-refractivity contribution in [1.82, 2.24) is 5.32 Å². The molecule has 0 aromatic heterocycles. The predicted octanol–water partition coefficient (Wildman–Crippen LogP) is 3.01. The van der Waals surface area contributed by atoms with Gasteiger partial charge in [0.25, 0.3) is 0 Å². The molecular weight excluding hydrogens is 320 g/mol.